The molecule has 1 aliphatic heterocycles. The fourth-order valence-electron chi connectivity index (χ4n) is 1.94. The van der Waals surface area contributed by atoms with Gasteiger partial charge in [-0.1, -0.05) is 29.8 Å². The van der Waals surface area contributed by atoms with Crippen molar-refractivity contribution in [1.82, 2.24) is 5.32 Å². The fourth-order valence-corrected chi connectivity index (χ4v) is 2.29. The van der Waals surface area contributed by atoms with Crippen molar-refractivity contribution in [2.75, 3.05) is 18.0 Å². The number of carbonyl (C=O) groups excluding carboxylic acids is 3. The van der Waals surface area contributed by atoms with Crippen molar-refractivity contribution >= 4 is 39.2 Å². The van der Waals surface area contributed by atoms with E-state index in [1.165, 1.54) is 4.90 Å². The monoisotopic (exact) mass is 338 g/mol. The van der Waals surface area contributed by atoms with E-state index in [1.807, 2.05) is 13.8 Å². The molecule has 0 atom stereocenters. The van der Waals surface area contributed by atoms with E-state index in [9.17, 15) is 14.4 Å². The lowest BCUT2D eigenvalue weighted by Gasteiger charge is -2.16. The molecule has 1 aromatic carbocycles. The summed E-state index contributed by atoms with van der Waals surface area (Å²) in [6.45, 7) is 4.37. The largest absolute Gasteiger partial charge is 0.354 e. The highest BCUT2D eigenvalue weighted by Crippen LogP contribution is 2.31. The maximum absolute atomic E-state index is 11.9. The standard InChI is InChI=1S/C14H15BrN2O3/c1-8(2)6-16-12(18)7-17-11-5-9(15)3-4-10(11)13(19)14(17)20/h3-5,8H,6-7H2,1-2H3,(H,16,18). The van der Waals surface area contributed by atoms with Crippen LogP contribution in [0.5, 0.6) is 0 Å². The summed E-state index contributed by atoms with van der Waals surface area (Å²) in [4.78, 5) is 36.8. The van der Waals surface area contributed by atoms with Crippen LogP contribution >= 0.6 is 15.9 Å². The van der Waals surface area contributed by atoms with Gasteiger partial charge in [-0.05, 0) is 24.1 Å². The number of fused-ring (bicyclic) bond motifs is 1. The molecule has 5 nitrogen and oxygen atoms in total. The number of amides is 2. The van der Waals surface area contributed by atoms with Gasteiger partial charge in [0, 0.05) is 11.0 Å². The van der Waals surface area contributed by atoms with Crippen molar-refractivity contribution in [1.29, 1.82) is 0 Å². The van der Waals surface area contributed by atoms with Crippen molar-refractivity contribution in [2.24, 2.45) is 5.92 Å². The Morgan fingerprint density at radius 3 is 2.70 bits per heavy atom. The molecule has 1 aromatic rings. The molecular weight excluding hydrogens is 324 g/mol. The molecular formula is C14H15BrN2O3. The van der Waals surface area contributed by atoms with Gasteiger partial charge in [0.05, 0.1) is 11.3 Å². The predicted octanol–water partition coefficient (Wildman–Crippen LogP) is 1.75. The molecule has 0 unspecified atom stereocenters. The van der Waals surface area contributed by atoms with Crippen LogP contribution in [-0.4, -0.2) is 30.7 Å². The lowest BCUT2D eigenvalue weighted by molar-refractivity contribution is -0.122. The molecule has 106 valence electrons. The highest BCUT2D eigenvalue weighted by Gasteiger charge is 2.36. The number of benzene rings is 1. The summed E-state index contributed by atoms with van der Waals surface area (Å²) in [6, 6.07) is 4.96. The summed E-state index contributed by atoms with van der Waals surface area (Å²) in [5.74, 6) is -1.16. The molecule has 1 aliphatic rings. The number of anilines is 1. The minimum absolute atomic E-state index is 0.138. The first-order valence-corrected chi connectivity index (χ1v) is 7.12. The molecule has 0 aliphatic carbocycles. The lowest BCUT2D eigenvalue weighted by atomic mass is 10.1. The summed E-state index contributed by atoms with van der Waals surface area (Å²) in [6.07, 6.45) is 0. The maximum Gasteiger partial charge on any atom is 0.299 e. The first-order valence-electron chi connectivity index (χ1n) is 6.32. The van der Waals surface area contributed by atoms with Crippen LogP contribution in [0.15, 0.2) is 22.7 Å². The third kappa shape index (κ3) is 2.90. The Labute approximate surface area is 125 Å². The second-order valence-corrected chi connectivity index (χ2v) is 6.00. The second-order valence-electron chi connectivity index (χ2n) is 5.08. The Kier molecular flexibility index (Phi) is 4.23. The van der Waals surface area contributed by atoms with Crippen molar-refractivity contribution in [3.63, 3.8) is 0 Å². The zero-order chi connectivity index (χ0) is 14.9. The number of rotatable bonds is 4. The Hall–Kier alpha value is -1.69. The van der Waals surface area contributed by atoms with E-state index in [-0.39, 0.29) is 12.5 Å². The molecule has 1 heterocycles. The van der Waals surface area contributed by atoms with Gasteiger partial charge < -0.3 is 5.32 Å². The van der Waals surface area contributed by atoms with Crippen LogP contribution in [0.3, 0.4) is 0 Å². The first kappa shape index (κ1) is 14.7. The molecule has 0 spiro atoms. The smallest absolute Gasteiger partial charge is 0.299 e. The number of halogens is 1. The van der Waals surface area contributed by atoms with E-state index >= 15 is 0 Å². The van der Waals surface area contributed by atoms with Gasteiger partial charge in [-0.25, -0.2) is 0 Å². The molecule has 0 fully saturated rings. The lowest BCUT2D eigenvalue weighted by Crippen LogP contribution is -2.41. The summed E-state index contributed by atoms with van der Waals surface area (Å²) in [7, 11) is 0. The first-order chi connectivity index (χ1) is 9.40. The number of nitrogens with zero attached hydrogens (tertiary/aromatic N) is 1. The quantitative estimate of drug-likeness (QED) is 0.850. The van der Waals surface area contributed by atoms with Crippen molar-refractivity contribution in [3.05, 3.63) is 28.2 Å². The van der Waals surface area contributed by atoms with E-state index in [4.69, 9.17) is 0 Å². The molecule has 2 amide bonds. The third-order valence-electron chi connectivity index (χ3n) is 2.94. The SMILES string of the molecule is CC(C)CNC(=O)CN1C(=O)C(=O)c2ccc(Br)cc21. The number of Topliss-reactive ketones (excluding diaryl/α,β-unsaturated/α-hetero) is 1. The Morgan fingerprint density at radius 2 is 2.05 bits per heavy atom. The predicted molar refractivity (Wildman–Crippen MR) is 78.7 cm³/mol. The average Bonchev–Trinajstić information content (AvgIpc) is 2.61. The van der Waals surface area contributed by atoms with Crippen LogP contribution < -0.4 is 10.2 Å². The molecule has 0 saturated heterocycles. The van der Waals surface area contributed by atoms with Crippen LogP contribution in [-0.2, 0) is 9.59 Å². The van der Waals surface area contributed by atoms with Gasteiger partial charge in [0.1, 0.15) is 6.54 Å². The number of carbonyl (C=O) groups is 3. The maximum atomic E-state index is 11.9. The van der Waals surface area contributed by atoms with Gasteiger partial charge in [0.15, 0.2) is 0 Å². The topological polar surface area (TPSA) is 66.5 Å². The van der Waals surface area contributed by atoms with E-state index in [0.717, 1.165) is 4.47 Å². The van der Waals surface area contributed by atoms with Gasteiger partial charge in [0.25, 0.3) is 11.7 Å². The molecule has 2 rings (SSSR count). The van der Waals surface area contributed by atoms with Gasteiger partial charge in [-0.2, -0.15) is 0 Å². The Balaban J connectivity index is 2.17. The number of hydrogen-bond acceptors (Lipinski definition) is 3. The summed E-state index contributed by atoms with van der Waals surface area (Å²) in [5.41, 5.74) is 0.823. The normalized spacial score (nSPS) is 13.9. The zero-order valence-electron chi connectivity index (χ0n) is 11.3. The second kappa shape index (κ2) is 5.75. The average molecular weight is 339 g/mol. The molecule has 1 N–H and O–H groups in total. The summed E-state index contributed by atoms with van der Waals surface area (Å²) in [5, 5.41) is 2.73. The Bertz CT molecular complexity index is 584. The minimum atomic E-state index is -0.655. The summed E-state index contributed by atoms with van der Waals surface area (Å²) < 4.78 is 0.756. The van der Waals surface area contributed by atoms with Crippen molar-refractivity contribution in [2.45, 2.75) is 13.8 Å². The van der Waals surface area contributed by atoms with Gasteiger partial charge in [-0.15, -0.1) is 0 Å². The molecule has 6 heteroatoms. The molecule has 0 saturated carbocycles. The van der Waals surface area contributed by atoms with Crippen LogP contribution in [0, 0.1) is 5.92 Å². The molecule has 0 bridgehead atoms. The van der Waals surface area contributed by atoms with Gasteiger partial charge in [-0.3, -0.25) is 19.3 Å². The minimum Gasteiger partial charge on any atom is -0.354 e. The third-order valence-corrected chi connectivity index (χ3v) is 3.44. The van der Waals surface area contributed by atoms with E-state index in [2.05, 4.69) is 21.2 Å². The van der Waals surface area contributed by atoms with Crippen LogP contribution in [0.2, 0.25) is 0 Å². The molecule has 0 radical (unpaired) electrons. The van der Waals surface area contributed by atoms with Crippen molar-refractivity contribution < 1.29 is 14.4 Å². The van der Waals surface area contributed by atoms with Crippen LogP contribution in [0.4, 0.5) is 5.69 Å². The van der Waals surface area contributed by atoms with E-state index in [0.29, 0.717) is 23.7 Å². The zero-order valence-corrected chi connectivity index (χ0v) is 12.9. The van der Waals surface area contributed by atoms with E-state index < -0.39 is 11.7 Å². The molecule has 20 heavy (non-hydrogen) atoms. The van der Waals surface area contributed by atoms with Crippen molar-refractivity contribution in [3.8, 4) is 0 Å². The number of ketones is 1. The fraction of sp³-hybridized carbons (Fsp3) is 0.357. The number of nitrogens with one attached hydrogen (secondary N) is 1. The number of hydrogen-bond donors (Lipinski definition) is 1. The highest BCUT2D eigenvalue weighted by atomic mass is 79.9. The highest BCUT2D eigenvalue weighted by molar-refractivity contribution is 9.10. The van der Waals surface area contributed by atoms with Gasteiger partial charge in [0.2, 0.25) is 5.91 Å². The van der Waals surface area contributed by atoms with E-state index in [1.54, 1.807) is 18.2 Å². The Morgan fingerprint density at radius 1 is 1.35 bits per heavy atom. The summed E-state index contributed by atoms with van der Waals surface area (Å²) >= 11 is 3.30. The molecule has 0 aromatic heterocycles. The van der Waals surface area contributed by atoms with Gasteiger partial charge >= 0.3 is 0 Å². The van der Waals surface area contributed by atoms with Crippen LogP contribution in [0.25, 0.3) is 0 Å². The van der Waals surface area contributed by atoms with Crippen LogP contribution in [0.1, 0.15) is 24.2 Å².